The predicted octanol–water partition coefficient (Wildman–Crippen LogP) is 3.25. The van der Waals surface area contributed by atoms with Crippen LogP contribution < -0.4 is 10.9 Å². The van der Waals surface area contributed by atoms with E-state index in [-0.39, 0.29) is 28.2 Å². The Morgan fingerprint density at radius 2 is 2.00 bits per heavy atom. The Bertz CT molecular complexity index is 1100. The van der Waals surface area contributed by atoms with E-state index in [0.29, 0.717) is 10.7 Å². The van der Waals surface area contributed by atoms with Crippen molar-refractivity contribution in [1.82, 2.24) is 9.55 Å². The minimum atomic E-state index is -0.573. The van der Waals surface area contributed by atoms with Gasteiger partial charge in [-0.1, -0.05) is 23.2 Å². The van der Waals surface area contributed by atoms with E-state index in [9.17, 15) is 19.7 Å². The first-order valence-electron chi connectivity index (χ1n) is 7.23. The molecular formula is C16H10Cl2N4O4. The monoisotopic (exact) mass is 392 g/mol. The zero-order valence-electron chi connectivity index (χ0n) is 13.0. The van der Waals surface area contributed by atoms with E-state index in [1.165, 1.54) is 24.3 Å². The third kappa shape index (κ3) is 3.66. The Kier molecular flexibility index (Phi) is 4.88. The van der Waals surface area contributed by atoms with Gasteiger partial charge in [0.1, 0.15) is 6.54 Å². The Hall–Kier alpha value is -2.97. The van der Waals surface area contributed by atoms with Crippen LogP contribution in [0, 0.1) is 10.1 Å². The number of anilines is 1. The number of hydrogen-bond donors (Lipinski definition) is 1. The van der Waals surface area contributed by atoms with Crippen LogP contribution in [0.4, 0.5) is 11.4 Å². The second kappa shape index (κ2) is 7.11. The third-order valence-corrected chi connectivity index (χ3v) is 4.09. The SMILES string of the molecule is O=C(Cn1cnc2cc([N+](=O)[O-])ccc2c1=O)Nc1ccc(Cl)cc1Cl. The smallest absolute Gasteiger partial charge is 0.271 e. The largest absolute Gasteiger partial charge is 0.323 e. The van der Waals surface area contributed by atoms with Crippen molar-refractivity contribution in [3.05, 3.63) is 73.2 Å². The maximum absolute atomic E-state index is 12.4. The molecule has 0 bridgehead atoms. The summed E-state index contributed by atoms with van der Waals surface area (Å²) in [7, 11) is 0. The van der Waals surface area contributed by atoms with Crippen LogP contribution in [-0.4, -0.2) is 20.4 Å². The fourth-order valence-electron chi connectivity index (χ4n) is 2.31. The highest BCUT2D eigenvalue weighted by Crippen LogP contribution is 2.25. The molecule has 0 aliphatic carbocycles. The van der Waals surface area contributed by atoms with E-state index < -0.39 is 16.4 Å². The standard InChI is InChI=1S/C16H10Cl2N4O4/c17-9-1-4-13(12(18)5-9)20-15(23)7-21-8-19-14-6-10(22(25)26)2-3-11(14)16(21)24/h1-6,8H,7H2,(H,20,23). The van der Waals surface area contributed by atoms with Gasteiger partial charge in [-0.15, -0.1) is 0 Å². The summed E-state index contributed by atoms with van der Waals surface area (Å²) in [6, 6.07) is 8.32. The Labute approximate surface area is 156 Å². The van der Waals surface area contributed by atoms with Crippen molar-refractivity contribution in [2.45, 2.75) is 6.54 Å². The van der Waals surface area contributed by atoms with Gasteiger partial charge >= 0.3 is 0 Å². The summed E-state index contributed by atoms with van der Waals surface area (Å²) < 4.78 is 1.10. The predicted molar refractivity (Wildman–Crippen MR) is 97.7 cm³/mol. The molecule has 3 rings (SSSR count). The Balaban J connectivity index is 1.85. The van der Waals surface area contributed by atoms with Crippen molar-refractivity contribution in [3.8, 4) is 0 Å². The molecule has 1 amide bonds. The summed E-state index contributed by atoms with van der Waals surface area (Å²) in [6.07, 6.45) is 1.16. The lowest BCUT2D eigenvalue weighted by molar-refractivity contribution is -0.384. The molecule has 1 N–H and O–H groups in total. The number of nitro benzene ring substituents is 1. The number of fused-ring (bicyclic) bond motifs is 1. The van der Waals surface area contributed by atoms with Gasteiger partial charge in [0, 0.05) is 17.2 Å². The van der Waals surface area contributed by atoms with Gasteiger partial charge in [-0.05, 0) is 24.3 Å². The van der Waals surface area contributed by atoms with Gasteiger partial charge in [0.25, 0.3) is 11.2 Å². The van der Waals surface area contributed by atoms with E-state index in [0.717, 1.165) is 10.9 Å². The molecule has 1 heterocycles. The lowest BCUT2D eigenvalue weighted by Gasteiger charge is -2.09. The lowest BCUT2D eigenvalue weighted by atomic mass is 10.2. The van der Waals surface area contributed by atoms with E-state index in [4.69, 9.17) is 23.2 Å². The molecule has 8 nitrogen and oxygen atoms in total. The highest BCUT2D eigenvalue weighted by molar-refractivity contribution is 6.36. The van der Waals surface area contributed by atoms with Gasteiger partial charge < -0.3 is 5.32 Å². The van der Waals surface area contributed by atoms with Crippen LogP contribution in [0.25, 0.3) is 10.9 Å². The first-order chi connectivity index (χ1) is 12.3. The average molecular weight is 393 g/mol. The summed E-state index contributed by atoms with van der Waals surface area (Å²) >= 11 is 11.8. The quantitative estimate of drug-likeness (QED) is 0.541. The summed E-state index contributed by atoms with van der Waals surface area (Å²) in [4.78, 5) is 38.8. The molecule has 2 aromatic carbocycles. The first-order valence-corrected chi connectivity index (χ1v) is 7.99. The maximum Gasteiger partial charge on any atom is 0.271 e. The van der Waals surface area contributed by atoms with Crippen LogP contribution in [0.5, 0.6) is 0 Å². The second-order valence-corrected chi connectivity index (χ2v) is 6.15. The topological polar surface area (TPSA) is 107 Å². The molecular weight excluding hydrogens is 383 g/mol. The number of carbonyl (C=O) groups is 1. The molecule has 0 saturated heterocycles. The Morgan fingerprint density at radius 1 is 1.23 bits per heavy atom. The summed E-state index contributed by atoms with van der Waals surface area (Å²) in [5.74, 6) is -0.487. The number of non-ortho nitro benzene ring substituents is 1. The normalized spacial score (nSPS) is 10.7. The van der Waals surface area contributed by atoms with Crippen molar-refractivity contribution < 1.29 is 9.72 Å². The molecule has 0 saturated carbocycles. The Morgan fingerprint density at radius 3 is 2.69 bits per heavy atom. The van der Waals surface area contributed by atoms with Crippen molar-refractivity contribution >= 4 is 51.4 Å². The lowest BCUT2D eigenvalue weighted by Crippen LogP contribution is -2.28. The number of amides is 1. The molecule has 0 unspecified atom stereocenters. The highest BCUT2D eigenvalue weighted by Gasteiger charge is 2.13. The molecule has 3 aromatic rings. The van der Waals surface area contributed by atoms with Crippen molar-refractivity contribution in [2.24, 2.45) is 0 Å². The van der Waals surface area contributed by atoms with Crippen LogP contribution in [-0.2, 0) is 11.3 Å². The zero-order valence-corrected chi connectivity index (χ0v) is 14.5. The molecule has 0 fully saturated rings. The summed E-state index contributed by atoms with van der Waals surface area (Å²) in [5.41, 5.74) is -0.111. The molecule has 0 aliphatic rings. The molecule has 26 heavy (non-hydrogen) atoms. The van der Waals surface area contributed by atoms with E-state index in [1.807, 2.05) is 0 Å². The summed E-state index contributed by atoms with van der Waals surface area (Å²) in [5, 5.41) is 14.2. The molecule has 0 radical (unpaired) electrons. The van der Waals surface area contributed by atoms with Crippen LogP contribution in [0.2, 0.25) is 10.0 Å². The number of benzene rings is 2. The minimum absolute atomic E-state index is 0.169. The van der Waals surface area contributed by atoms with Gasteiger partial charge in [-0.3, -0.25) is 24.3 Å². The van der Waals surface area contributed by atoms with Crippen LogP contribution in [0.1, 0.15) is 0 Å². The molecule has 0 atom stereocenters. The fourth-order valence-corrected chi connectivity index (χ4v) is 2.76. The summed E-state index contributed by atoms with van der Waals surface area (Å²) in [6.45, 7) is -0.294. The third-order valence-electron chi connectivity index (χ3n) is 3.54. The van der Waals surface area contributed by atoms with Crippen molar-refractivity contribution in [3.63, 3.8) is 0 Å². The number of carbonyl (C=O) groups excluding carboxylic acids is 1. The fraction of sp³-hybridized carbons (Fsp3) is 0.0625. The molecule has 132 valence electrons. The first kappa shape index (κ1) is 17.8. The molecule has 1 aromatic heterocycles. The van der Waals surface area contributed by atoms with Crippen molar-refractivity contribution in [1.29, 1.82) is 0 Å². The number of nitrogens with zero attached hydrogens (tertiary/aromatic N) is 3. The number of nitro groups is 1. The maximum atomic E-state index is 12.4. The molecule has 0 aliphatic heterocycles. The second-order valence-electron chi connectivity index (χ2n) is 5.31. The van der Waals surface area contributed by atoms with Gasteiger partial charge in [-0.2, -0.15) is 0 Å². The van der Waals surface area contributed by atoms with Crippen LogP contribution in [0.3, 0.4) is 0 Å². The number of aromatic nitrogens is 2. The van der Waals surface area contributed by atoms with E-state index >= 15 is 0 Å². The molecule has 10 heteroatoms. The average Bonchev–Trinajstić information content (AvgIpc) is 2.59. The minimum Gasteiger partial charge on any atom is -0.323 e. The van der Waals surface area contributed by atoms with Crippen molar-refractivity contribution in [2.75, 3.05) is 5.32 Å². The number of halogens is 2. The zero-order chi connectivity index (χ0) is 18.8. The number of hydrogen-bond acceptors (Lipinski definition) is 5. The van der Waals surface area contributed by atoms with Gasteiger partial charge in [0.05, 0.1) is 32.9 Å². The number of nitrogens with one attached hydrogen (secondary N) is 1. The van der Waals surface area contributed by atoms with E-state index in [1.54, 1.807) is 12.1 Å². The molecule has 0 spiro atoms. The van der Waals surface area contributed by atoms with Gasteiger partial charge in [0.15, 0.2) is 0 Å². The van der Waals surface area contributed by atoms with Crippen LogP contribution in [0.15, 0.2) is 47.5 Å². The van der Waals surface area contributed by atoms with Crippen LogP contribution >= 0.6 is 23.2 Å². The van der Waals surface area contributed by atoms with Gasteiger partial charge in [0.2, 0.25) is 5.91 Å². The number of rotatable bonds is 4. The van der Waals surface area contributed by atoms with Gasteiger partial charge in [-0.25, -0.2) is 4.98 Å². The highest BCUT2D eigenvalue weighted by atomic mass is 35.5. The van der Waals surface area contributed by atoms with E-state index in [2.05, 4.69) is 10.3 Å².